The molecule has 1 fully saturated rings. The first-order valence-electron chi connectivity index (χ1n) is 2.50. The van der Waals surface area contributed by atoms with Crippen molar-refractivity contribution in [2.24, 2.45) is 0 Å². The van der Waals surface area contributed by atoms with Gasteiger partial charge in [0.25, 0.3) is 5.79 Å². The molecule has 0 saturated carbocycles. The molecule has 5 nitrogen and oxygen atoms in total. The molecule has 2 atom stereocenters. The first-order valence-corrected chi connectivity index (χ1v) is 4.69. The van der Waals surface area contributed by atoms with Gasteiger partial charge in [-0.2, -0.15) is 0 Å². The minimum Gasteiger partial charge on any atom is -0.0762 e. The standard InChI is InChI=1S/C3H6O5P2.3K/c1-3(2)6-9(4)8-10(5)7-3;;;/h1-2H3;;;/q+2;;;. The van der Waals surface area contributed by atoms with Crippen LogP contribution < -0.4 is 0 Å². The second-order valence-electron chi connectivity index (χ2n) is 2.11. The average Bonchev–Trinajstić information content (AvgIpc) is 1.54. The molecule has 0 bridgehead atoms. The largest absolute Gasteiger partial charge is 0.750 e. The summed E-state index contributed by atoms with van der Waals surface area (Å²) in [4.78, 5) is 0. The van der Waals surface area contributed by atoms with E-state index in [1.165, 1.54) is 13.8 Å². The molecule has 0 N–H and O–H groups in total. The van der Waals surface area contributed by atoms with E-state index >= 15 is 0 Å². The third-order valence-corrected chi connectivity index (χ3v) is 2.97. The summed E-state index contributed by atoms with van der Waals surface area (Å²) in [5.74, 6) is -1.07. The van der Waals surface area contributed by atoms with Crippen molar-refractivity contribution in [3.8, 4) is 0 Å². The molecule has 0 aromatic carbocycles. The Hall–Kier alpha value is 4.99. The van der Waals surface area contributed by atoms with Crippen molar-refractivity contribution in [2.45, 2.75) is 19.6 Å². The summed E-state index contributed by atoms with van der Waals surface area (Å²) in [7, 11) is -4.56. The topological polar surface area (TPSA) is 61.8 Å². The van der Waals surface area contributed by atoms with Crippen LogP contribution in [-0.2, 0) is 22.5 Å². The van der Waals surface area contributed by atoms with E-state index in [2.05, 4.69) is 13.4 Å². The van der Waals surface area contributed by atoms with Gasteiger partial charge in [-0.3, -0.25) is 0 Å². The molecular weight excluding hydrogens is 295 g/mol. The fourth-order valence-corrected chi connectivity index (χ4v) is 2.02. The SMILES string of the molecule is CC1(C)O[P+](=O)O[P+](=O)O1.[K].[K].[K]. The first-order chi connectivity index (χ1) is 4.49. The van der Waals surface area contributed by atoms with E-state index in [1.54, 1.807) is 0 Å². The second kappa shape index (κ2) is 10.9. The van der Waals surface area contributed by atoms with E-state index in [9.17, 15) is 9.13 Å². The van der Waals surface area contributed by atoms with E-state index in [0.29, 0.717) is 0 Å². The number of hydrogen-bond acceptors (Lipinski definition) is 5. The van der Waals surface area contributed by atoms with E-state index in [1.807, 2.05) is 0 Å². The summed E-state index contributed by atoms with van der Waals surface area (Å²) in [5, 5.41) is 0. The fourth-order valence-electron chi connectivity index (χ4n) is 0.463. The maximum absolute atomic E-state index is 10.5. The molecule has 2 unspecified atom stereocenters. The van der Waals surface area contributed by atoms with Gasteiger partial charge >= 0.3 is 16.5 Å². The average molecular weight is 301 g/mol. The van der Waals surface area contributed by atoms with Crippen LogP contribution in [0.1, 0.15) is 13.8 Å². The number of rotatable bonds is 0. The van der Waals surface area contributed by atoms with Gasteiger partial charge in [0.2, 0.25) is 0 Å². The number of hydrogen-bond donors (Lipinski definition) is 0. The van der Waals surface area contributed by atoms with Crippen molar-refractivity contribution < 1.29 is 22.5 Å². The van der Waals surface area contributed by atoms with Crippen LogP contribution in [0, 0.1) is 0 Å². The summed E-state index contributed by atoms with van der Waals surface area (Å²) in [6.07, 6.45) is 0. The molecule has 0 spiro atoms. The van der Waals surface area contributed by atoms with Crippen molar-refractivity contribution in [3.05, 3.63) is 0 Å². The Morgan fingerprint density at radius 1 is 0.923 bits per heavy atom. The normalized spacial score (nSPS) is 24.8. The van der Waals surface area contributed by atoms with Gasteiger partial charge in [-0.15, -0.1) is 0 Å². The van der Waals surface area contributed by atoms with Gasteiger partial charge in [0.1, 0.15) is 0 Å². The van der Waals surface area contributed by atoms with Crippen molar-refractivity contribution in [3.63, 3.8) is 0 Å². The van der Waals surface area contributed by atoms with Crippen LogP contribution in [0.5, 0.6) is 0 Å². The van der Waals surface area contributed by atoms with E-state index < -0.39 is 22.3 Å². The molecule has 3 radical (unpaired) electrons. The van der Waals surface area contributed by atoms with Gasteiger partial charge in [0.15, 0.2) is 4.31 Å². The smallest absolute Gasteiger partial charge is 0.0762 e. The Morgan fingerprint density at radius 2 is 1.23 bits per heavy atom. The maximum atomic E-state index is 10.5. The summed E-state index contributed by atoms with van der Waals surface area (Å²) in [5.41, 5.74) is 0. The van der Waals surface area contributed by atoms with Crippen LogP contribution in [0.25, 0.3) is 0 Å². The van der Waals surface area contributed by atoms with Crippen LogP contribution >= 0.6 is 16.5 Å². The molecule has 1 aliphatic rings. The van der Waals surface area contributed by atoms with Gasteiger partial charge in [0.05, 0.1) is 0 Å². The quantitative estimate of drug-likeness (QED) is 0.492. The van der Waals surface area contributed by atoms with Gasteiger partial charge in [-0.25, -0.2) is 0 Å². The predicted octanol–water partition coefficient (Wildman–Crippen LogP) is 0.958. The van der Waals surface area contributed by atoms with Crippen LogP contribution in [-0.4, -0.2) is 160 Å². The molecule has 0 amide bonds. The molecule has 59 valence electrons. The molecule has 1 rings (SSSR count). The van der Waals surface area contributed by atoms with Gasteiger partial charge < -0.3 is 0 Å². The minimum absolute atomic E-state index is 0. The van der Waals surface area contributed by atoms with Crippen molar-refractivity contribution in [2.75, 3.05) is 0 Å². The predicted molar refractivity (Wildman–Crippen MR) is 49.8 cm³/mol. The fraction of sp³-hybridized carbons (Fsp3) is 1.00. The zero-order valence-corrected chi connectivity index (χ0v) is 19.6. The van der Waals surface area contributed by atoms with Crippen molar-refractivity contribution in [1.29, 1.82) is 0 Å². The first kappa shape index (κ1) is 23.1. The van der Waals surface area contributed by atoms with Gasteiger partial charge in [-0.05, 0) is 13.8 Å². The van der Waals surface area contributed by atoms with Crippen LogP contribution in [0.3, 0.4) is 0 Å². The zero-order chi connectivity index (χ0) is 7.78. The molecule has 1 aliphatic heterocycles. The third kappa shape index (κ3) is 10.6. The molecule has 1 saturated heterocycles. The zero-order valence-electron chi connectivity index (χ0n) is 8.44. The van der Waals surface area contributed by atoms with Crippen molar-refractivity contribution >= 4 is 171 Å². The third-order valence-electron chi connectivity index (χ3n) is 0.722. The van der Waals surface area contributed by atoms with Gasteiger partial charge in [-0.1, -0.05) is 9.05 Å². The molecule has 0 aromatic heterocycles. The molecule has 13 heavy (non-hydrogen) atoms. The monoisotopic (exact) mass is 301 g/mol. The molecule has 1 heterocycles. The molecule has 0 aromatic rings. The van der Waals surface area contributed by atoms with E-state index in [4.69, 9.17) is 0 Å². The van der Waals surface area contributed by atoms with Crippen LogP contribution in [0.4, 0.5) is 0 Å². The Bertz CT molecular complexity index is 179. The molecular formula is C3H6K3O5P2+2. The Balaban J connectivity index is -0.000000333. The van der Waals surface area contributed by atoms with E-state index in [-0.39, 0.29) is 154 Å². The van der Waals surface area contributed by atoms with Crippen LogP contribution in [0.2, 0.25) is 0 Å². The summed E-state index contributed by atoms with van der Waals surface area (Å²) in [6, 6.07) is 0. The summed E-state index contributed by atoms with van der Waals surface area (Å²) < 4.78 is 34.5. The minimum atomic E-state index is -2.28. The van der Waals surface area contributed by atoms with Crippen LogP contribution in [0.15, 0.2) is 0 Å². The Morgan fingerprint density at radius 3 is 1.46 bits per heavy atom. The summed E-state index contributed by atoms with van der Waals surface area (Å²) >= 11 is 0. The Kier molecular flexibility index (Phi) is 19.3. The van der Waals surface area contributed by atoms with Crippen molar-refractivity contribution in [1.82, 2.24) is 0 Å². The van der Waals surface area contributed by atoms with Gasteiger partial charge in [0, 0.05) is 163 Å². The maximum Gasteiger partial charge on any atom is 0.750 e. The second-order valence-corrected chi connectivity index (χ2v) is 4.02. The van der Waals surface area contributed by atoms with E-state index in [0.717, 1.165) is 0 Å². The summed E-state index contributed by atoms with van der Waals surface area (Å²) in [6.45, 7) is 3.02. The molecule has 10 heteroatoms. The Labute approximate surface area is 206 Å². The molecule has 0 aliphatic carbocycles.